The minimum absolute atomic E-state index is 0.0324. The number of nitrogens with zero attached hydrogens (tertiary/aromatic N) is 2. The molecule has 1 aromatic rings. The quantitative estimate of drug-likeness (QED) is 0.751. The molecule has 3 N–H and O–H groups in total. The number of amidine groups is 1. The van der Waals surface area contributed by atoms with Crippen molar-refractivity contribution in [2.45, 2.75) is 24.9 Å². The van der Waals surface area contributed by atoms with Crippen molar-refractivity contribution in [3.05, 3.63) is 34.6 Å². The number of halogens is 2. The van der Waals surface area contributed by atoms with Crippen molar-refractivity contribution in [1.82, 2.24) is 0 Å². The van der Waals surface area contributed by atoms with E-state index < -0.39 is 28.5 Å². The van der Waals surface area contributed by atoms with Crippen LogP contribution in [0.2, 0.25) is 5.02 Å². The minimum Gasteiger partial charge on any atom is -0.311 e. The van der Waals surface area contributed by atoms with E-state index in [1.165, 1.54) is 18.2 Å². The molecular weight excluding hydrogens is 335 g/mol. The van der Waals surface area contributed by atoms with Gasteiger partial charge in [0.2, 0.25) is 0 Å². The molecule has 8 heteroatoms. The van der Waals surface area contributed by atoms with E-state index in [2.05, 4.69) is 17.1 Å². The van der Waals surface area contributed by atoms with Crippen LogP contribution in [0.1, 0.15) is 18.4 Å². The highest BCUT2D eigenvalue weighted by Crippen LogP contribution is 2.79. The molecule has 1 saturated carbocycles. The Bertz CT molecular complexity index is 858. The number of ether oxygens (including phenoxy) is 2. The maximum atomic E-state index is 14.5. The normalized spacial score (nSPS) is 42.3. The van der Waals surface area contributed by atoms with Crippen LogP contribution in [0.5, 0.6) is 0 Å². The molecule has 0 aromatic heterocycles. The van der Waals surface area contributed by atoms with Crippen LogP contribution in [0.25, 0.3) is 0 Å². The Hall–Kier alpha value is -2.19. The number of nitrogens with two attached hydrogens (primary N) is 1. The van der Waals surface area contributed by atoms with Crippen molar-refractivity contribution in [3.63, 3.8) is 0 Å². The van der Waals surface area contributed by atoms with E-state index in [4.69, 9.17) is 26.8 Å². The van der Waals surface area contributed by atoms with Gasteiger partial charge in [0.05, 0.1) is 30.8 Å². The maximum Gasteiger partial charge on any atom is 0.343 e. The smallest absolute Gasteiger partial charge is 0.311 e. The van der Waals surface area contributed by atoms with Crippen LogP contribution in [0.15, 0.2) is 18.2 Å². The average molecular weight is 348 g/mol. The minimum atomic E-state index is -1.59. The molecule has 5 atom stereocenters. The molecule has 0 unspecified atom stereocenters. The van der Waals surface area contributed by atoms with Gasteiger partial charge in [0.25, 0.3) is 5.84 Å². The van der Waals surface area contributed by atoms with Gasteiger partial charge in [-0.25, -0.2) is 9.38 Å². The Kier molecular flexibility index (Phi) is 2.85. The van der Waals surface area contributed by atoms with Gasteiger partial charge in [-0.2, -0.15) is 10.5 Å². The highest BCUT2D eigenvalue weighted by atomic mass is 35.5. The van der Waals surface area contributed by atoms with Gasteiger partial charge in [0, 0.05) is 10.6 Å². The molecule has 24 heavy (non-hydrogen) atoms. The standard InChI is InChI=1S/C16H12ClFN4O2/c1-8-5-23-16(24-8)15(7-20)12(14(15,6-19)13(21)22-16)11-9(17)3-2-4-10(11)18/h2-4,8,12H,5H2,1H3,(H2,21,22)/p+1/t8-,12-,14-,15-,16-/m1/s1. The fraction of sp³-hybridized carbons (Fsp3) is 0.438. The second-order valence-corrected chi connectivity index (χ2v) is 6.71. The zero-order chi connectivity index (χ0) is 17.3. The van der Waals surface area contributed by atoms with Gasteiger partial charge in [0.15, 0.2) is 10.8 Å². The maximum absolute atomic E-state index is 14.5. The Morgan fingerprint density at radius 3 is 2.71 bits per heavy atom. The third-order valence-electron chi connectivity index (χ3n) is 5.18. The first-order valence-corrected chi connectivity index (χ1v) is 7.77. The van der Waals surface area contributed by atoms with E-state index in [1.807, 2.05) is 0 Å². The summed E-state index contributed by atoms with van der Waals surface area (Å²) >= 11 is 6.17. The lowest BCUT2D eigenvalue weighted by Crippen LogP contribution is -2.90. The second kappa shape index (κ2) is 4.46. The van der Waals surface area contributed by atoms with Crippen molar-refractivity contribution >= 4 is 17.4 Å². The molecule has 1 aliphatic carbocycles. The van der Waals surface area contributed by atoms with Crippen LogP contribution < -0.4 is 10.7 Å². The van der Waals surface area contributed by atoms with E-state index in [0.717, 1.165) is 0 Å². The summed E-state index contributed by atoms with van der Waals surface area (Å²) in [6.07, 6.45) is -0.303. The number of fused-ring (bicyclic) bond motifs is 2. The Balaban J connectivity index is 1.98. The van der Waals surface area contributed by atoms with Gasteiger partial charge in [-0.1, -0.05) is 17.7 Å². The monoisotopic (exact) mass is 347 g/mol. The zero-order valence-corrected chi connectivity index (χ0v) is 13.4. The van der Waals surface area contributed by atoms with Crippen molar-refractivity contribution < 1.29 is 18.9 Å². The number of nitrogens with one attached hydrogen (secondary N) is 1. The Labute approximate surface area is 142 Å². The Morgan fingerprint density at radius 1 is 1.42 bits per heavy atom. The molecule has 2 aliphatic heterocycles. The lowest BCUT2D eigenvalue weighted by molar-refractivity contribution is -0.677. The van der Waals surface area contributed by atoms with Gasteiger partial charge in [-0.05, 0) is 19.1 Å². The largest absolute Gasteiger partial charge is 0.343 e. The zero-order valence-electron chi connectivity index (χ0n) is 12.6. The summed E-state index contributed by atoms with van der Waals surface area (Å²) in [5.41, 5.74) is 3.15. The topological polar surface area (TPSA) is 106 Å². The lowest BCUT2D eigenvalue weighted by Gasteiger charge is -2.24. The molecule has 1 aromatic carbocycles. The molecule has 0 radical (unpaired) electrons. The van der Waals surface area contributed by atoms with Gasteiger partial charge in [-0.15, -0.1) is 0 Å². The van der Waals surface area contributed by atoms with Crippen LogP contribution in [0.3, 0.4) is 0 Å². The molecule has 4 rings (SSSR count). The van der Waals surface area contributed by atoms with Crippen LogP contribution in [0.4, 0.5) is 4.39 Å². The molecule has 0 amide bonds. The van der Waals surface area contributed by atoms with Crippen LogP contribution in [-0.4, -0.2) is 24.5 Å². The highest BCUT2D eigenvalue weighted by Gasteiger charge is 2.98. The van der Waals surface area contributed by atoms with E-state index in [9.17, 15) is 14.9 Å². The van der Waals surface area contributed by atoms with Gasteiger partial charge in [-0.3, -0.25) is 5.73 Å². The van der Waals surface area contributed by atoms with Crippen molar-refractivity contribution in [3.8, 4) is 12.1 Å². The summed E-state index contributed by atoms with van der Waals surface area (Å²) in [6.45, 7) is 2.00. The van der Waals surface area contributed by atoms with Crippen molar-refractivity contribution in [2.24, 2.45) is 16.6 Å². The first-order chi connectivity index (χ1) is 11.4. The third-order valence-corrected chi connectivity index (χ3v) is 5.51. The van der Waals surface area contributed by atoms with E-state index in [1.54, 1.807) is 6.92 Å². The van der Waals surface area contributed by atoms with Crippen molar-refractivity contribution in [1.29, 1.82) is 10.5 Å². The van der Waals surface area contributed by atoms with Gasteiger partial charge >= 0.3 is 5.91 Å². The van der Waals surface area contributed by atoms with E-state index in [0.29, 0.717) is 0 Å². The number of hydrogen-bond donors (Lipinski definition) is 2. The summed E-state index contributed by atoms with van der Waals surface area (Å²) in [5.74, 6) is -3.04. The number of hydrogen-bond acceptors (Lipinski definition) is 5. The number of nitriles is 2. The fourth-order valence-electron chi connectivity index (χ4n) is 4.18. The number of rotatable bonds is 1. The predicted octanol–water partition coefficient (Wildman–Crippen LogP) is 0.137. The SMILES string of the molecule is C[C@@H]1CO[C@@]2([NH+]=C(N)[C@@]3(C#N)[C@@H](c4c(F)cccc4Cl)[C@@]23C#N)O1. The lowest BCUT2D eigenvalue weighted by atomic mass is 9.93. The second-order valence-electron chi connectivity index (χ2n) is 6.30. The van der Waals surface area contributed by atoms with Gasteiger partial charge < -0.3 is 9.47 Å². The molecule has 1 spiro atoms. The average Bonchev–Trinajstić information content (AvgIpc) is 2.89. The summed E-state index contributed by atoms with van der Waals surface area (Å²) in [4.78, 5) is 2.82. The molecule has 122 valence electrons. The summed E-state index contributed by atoms with van der Waals surface area (Å²) in [6, 6.07) is 8.44. The van der Waals surface area contributed by atoms with Crippen LogP contribution in [0, 0.1) is 39.3 Å². The molecule has 2 fully saturated rings. The molecular formula is C16H13ClFN4O2+. The molecule has 2 heterocycles. The first-order valence-electron chi connectivity index (χ1n) is 7.39. The summed E-state index contributed by atoms with van der Waals surface area (Å²) in [5, 5.41) is 19.9. The third kappa shape index (κ3) is 1.36. The fourth-order valence-corrected chi connectivity index (χ4v) is 4.46. The number of benzene rings is 1. The summed E-state index contributed by atoms with van der Waals surface area (Å²) < 4.78 is 26.0. The predicted molar refractivity (Wildman–Crippen MR) is 79.6 cm³/mol. The van der Waals surface area contributed by atoms with E-state index >= 15 is 0 Å². The molecule has 3 aliphatic rings. The highest BCUT2D eigenvalue weighted by molar-refractivity contribution is 6.31. The van der Waals surface area contributed by atoms with Crippen LogP contribution >= 0.6 is 11.6 Å². The van der Waals surface area contributed by atoms with E-state index in [-0.39, 0.29) is 29.1 Å². The van der Waals surface area contributed by atoms with Crippen LogP contribution in [-0.2, 0) is 9.47 Å². The summed E-state index contributed by atoms with van der Waals surface area (Å²) in [7, 11) is 0. The first kappa shape index (κ1) is 15.3. The molecule has 1 saturated heterocycles. The molecule has 6 nitrogen and oxygen atoms in total. The van der Waals surface area contributed by atoms with Crippen molar-refractivity contribution in [2.75, 3.05) is 6.61 Å². The van der Waals surface area contributed by atoms with Gasteiger partial charge in [0.1, 0.15) is 5.82 Å². The Morgan fingerprint density at radius 2 is 2.17 bits per heavy atom. The molecule has 0 bridgehead atoms.